The summed E-state index contributed by atoms with van der Waals surface area (Å²) in [6.07, 6.45) is 3.93. The van der Waals surface area contributed by atoms with E-state index in [-0.39, 0.29) is 11.5 Å². The van der Waals surface area contributed by atoms with Gasteiger partial charge < -0.3 is 0 Å². The van der Waals surface area contributed by atoms with Gasteiger partial charge in [0.05, 0.1) is 6.54 Å². The van der Waals surface area contributed by atoms with Crippen molar-refractivity contribution >= 4 is 6.29 Å². The summed E-state index contributed by atoms with van der Waals surface area (Å²) in [7, 11) is 0. The smallest absolute Gasteiger partial charge is 0.172 e. The van der Waals surface area contributed by atoms with E-state index in [1.807, 2.05) is 6.07 Å². The highest BCUT2D eigenvalue weighted by Crippen LogP contribution is 2.21. The van der Waals surface area contributed by atoms with Crippen LogP contribution in [-0.4, -0.2) is 26.3 Å². The van der Waals surface area contributed by atoms with Crippen LogP contribution in [0.15, 0.2) is 48.8 Å². The van der Waals surface area contributed by atoms with Gasteiger partial charge in [-0.05, 0) is 29.8 Å². The van der Waals surface area contributed by atoms with Crippen LogP contribution in [0.3, 0.4) is 0 Å². The summed E-state index contributed by atoms with van der Waals surface area (Å²) in [5, 5.41) is 7.83. The van der Waals surface area contributed by atoms with Gasteiger partial charge in [0.2, 0.25) is 0 Å². The van der Waals surface area contributed by atoms with Gasteiger partial charge >= 0.3 is 0 Å². The van der Waals surface area contributed by atoms with E-state index < -0.39 is 0 Å². The second kappa shape index (κ2) is 5.62. The fourth-order valence-corrected chi connectivity index (χ4v) is 2.12. The fraction of sp³-hybridized carbons (Fsp3) is 0.0667. The molecule has 0 saturated carbocycles. The van der Waals surface area contributed by atoms with Crippen LogP contribution in [0.2, 0.25) is 0 Å². The lowest BCUT2D eigenvalue weighted by atomic mass is 10.1. The maximum Gasteiger partial charge on any atom is 0.172 e. The Bertz CT molecular complexity index is 770. The topological polar surface area (TPSA) is 60.7 Å². The zero-order chi connectivity index (χ0) is 14.7. The van der Waals surface area contributed by atoms with Crippen molar-refractivity contribution in [2.45, 2.75) is 6.54 Å². The molecule has 0 radical (unpaired) electrons. The molecule has 0 aliphatic heterocycles. The Balaban J connectivity index is 2.04. The fourth-order valence-electron chi connectivity index (χ4n) is 2.12. The molecular weight excluding hydrogens is 271 g/mol. The zero-order valence-electron chi connectivity index (χ0n) is 11.0. The summed E-state index contributed by atoms with van der Waals surface area (Å²) in [6.45, 7) is 0.322. The van der Waals surface area contributed by atoms with Gasteiger partial charge in [0.15, 0.2) is 12.0 Å². The van der Waals surface area contributed by atoms with Gasteiger partial charge in [-0.2, -0.15) is 0 Å². The Hall–Kier alpha value is -2.89. The van der Waals surface area contributed by atoms with E-state index in [1.165, 1.54) is 12.1 Å². The molecule has 0 saturated heterocycles. The van der Waals surface area contributed by atoms with Crippen molar-refractivity contribution in [1.29, 1.82) is 0 Å². The highest BCUT2D eigenvalue weighted by atomic mass is 19.1. The maximum atomic E-state index is 13.3. The van der Waals surface area contributed by atoms with Gasteiger partial charge in [0.25, 0.3) is 0 Å². The number of pyridine rings is 1. The molecule has 0 spiro atoms. The molecule has 3 rings (SSSR count). The van der Waals surface area contributed by atoms with Crippen molar-refractivity contribution in [1.82, 2.24) is 20.0 Å². The van der Waals surface area contributed by atoms with Gasteiger partial charge in [-0.1, -0.05) is 17.3 Å². The lowest BCUT2D eigenvalue weighted by molar-refractivity contribution is 0.111. The van der Waals surface area contributed by atoms with Crippen LogP contribution in [0.4, 0.5) is 4.39 Å². The Morgan fingerprint density at radius 3 is 2.86 bits per heavy atom. The highest BCUT2D eigenvalue weighted by molar-refractivity contribution is 5.82. The maximum absolute atomic E-state index is 13.3. The van der Waals surface area contributed by atoms with Crippen molar-refractivity contribution in [2.75, 3.05) is 0 Å². The Kier molecular flexibility index (Phi) is 3.51. The van der Waals surface area contributed by atoms with E-state index in [0.29, 0.717) is 18.5 Å². The molecule has 0 aliphatic carbocycles. The second-order valence-corrected chi connectivity index (χ2v) is 4.47. The van der Waals surface area contributed by atoms with E-state index >= 15 is 0 Å². The second-order valence-electron chi connectivity index (χ2n) is 4.47. The molecule has 1 aromatic carbocycles. The summed E-state index contributed by atoms with van der Waals surface area (Å²) < 4.78 is 14.8. The van der Waals surface area contributed by atoms with E-state index in [1.54, 1.807) is 35.3 Å². The van der Waals surface area contributed by atoms with Crippen LogP contribution in [0.1, 0.15) is 16.1 Å². The summed E-state index contributed by atoms with van der Waals surface area (Å²) in [5.41, 5.74) is 2.28. The Morgan fingerprint density at radius 1 is 1.24 bits per heavy atom. The minimum Gasteiger partial charge on any atom is -0.296 e. The molecule has 2 heterocycles. The number of aromatic nitrogens is 4. The summed E-state index contributed by atoms with van der Waals surface area (Å²) in [4.78, 5) is 15.2. The number of nitrogens with zero attached hydrogens (tertiary/aromatic N) is 4. The zero-order valence-corrected chi connectivity index (χ0v) is 11.0. The average molecular weight is 282 g/mol. The standard InChI is InChI=1S/C15H11FN4O/c16-13-5-1-3-11(7-13)9-20-15(14(10-21)18-19-20)12-4-2-6-17-8-12/h1-8,10H,9H2. The van der Waals surface area contributed by atoms with Crippen LogP contribution in [0.5, 0.6) is 0 Å². The van der Waals surface area contributed by atoms with Gasteiger partial charge in [0.1, 0.15) is 11.5 Å². The predicted molar refractivity (Wildman–Crippen MR) is 74.1 cm³/mol. The molecule has 0 atom stereocenters. The highest BCUT2D eigenvalue weighted by Gasteiger charge is 2.14. The molecule has 0 amide bonds. The van der Waals surface area contributed by atoms with Crippen LogP contribution in [0, 0.1) is 5.82 Å². The number of aldehydes is 1. The van der Waals surface area contributed by atoms with Crippen LogP contribution in [0.25, 0.3) is 11.3 Å². The molecule has 21 heavy (non-hydrogen) atoms. The van der Waals surface area contributed by atoms with Crippen LogP contribution in [-0.2, 0) is 6.54 Å². The Morgan fingerprint density at radius 2 is 2.14 bits per heavy atom. The van der Waals surface area contributed by atoms with Gasteiger partial charge in [-0.25, -0.2) is 9.07 Å². The summed E-state index contributed by atoms with van der Waals surface area (Å²) in [5.74, 6) is -0.314. The van der Waals surface area contributed by atoms with Gasteiger partial charge in [-0.3, -0.25) is 9.78 Å². The van der Waals surface area contributed by atoms with Crippen molar-refractivity contribution in [2.24, 2.45) is 0 Å². The average Bonchev–Trinajstić information content (AvgIpc) is 2.91. The molecule has 0 aliphatic rings. The first-order chi connectivity index (χ1) is 10.3. The number of hydrogen-bond acceptors (Lipinski definition) is 4. The van der Waals surface area contributed by atoms with Crippen LogP contribution >= 0.6 is 0 Å². The first-order valence-corrected chi connectivity index (χ1v) is 6.31. The van der Waals surface area contributed by atoms with E-state index in [2.05, 4.69) is 15.3 Å². The quantitative estimate of drug-likeness (QED) is 0.689. The van der Waals surface area contributed by atoms with Crippen LogP contribution < -0.4 is 0 Å². The lowest BCUT2D eigenvalue weighted by Gasteiger charge is -2.07. The van der Waals surface area contributed by atoms with Gasteiger partial charge in [0, 0.05) is 18.0 Å². The third-order valence-electron chi connectivity index (χ3n) is 3.03. The first kappa shape index (κ1) is 13.1. The van der Waals surface area contributed by atoms with Crippen molar-refractivity contribution in [3.63, 3.8) is 0 Å². The van der Waals surface area contributed by atoms with Gasteiger partial charge in [-0.15, -0.1) is 5.10 Å². The minimum atomic E-state index is -0.314. The van der Waals surface area contributed by atoms with Crippen molar-refractivity contribution in [3.8, 4) is 11.3 Å². The largest absolute Gasteiger partial charge is 0.296 e. The Labute approximate surface area is 120 Å². The number of hydrogen-bond donors (Lipinski definition) is 0. The molecule has 104 valence electrons. The molecule has 0 N–H and O–H groups in total. The van der Waals surface area contributed by atoms with E-state index in [9.17, 15) is 9.18 Å². The third kappa shape index (κ3) is 2.69. The molecule has 3 aromatic rings. The number of rotatable bonds is 4. The predicted octanol–water partition coefficient (Wildman–Crippen LogP) is 2.34. The van der Waals surface area contributed by atoms with E-state index in [4.69, 9.17) is 0 Å². The molecule has 0 unspecified atom stereocenters. The molecule has 2 aromatic heterocycles. The third-order valence-corrected chi connectivity index (χ3v) is 3.03. The molecule has 0 fully saturated rings. The van der Waals surface area contributed by atoms with Crippen molar-refractivity contribution < 1.29 is 9.18 Å². The molecule has 0 bridgehead atoms. The molecule has 5 nitrogen and oxygen atoms in total. The SMILES string of the molecule is O=Cc1nnn(Cc2cccc(F)c2)c1-c1cccnc1. The normalized spacial score (nSPS) is 10.5. The monoisotopic (exact) mass is 282 g/mol. The number of carbonyl (C=O) groups is 1. The molecular formula is C15H11FN4O. The summed E-state index contributed by atoms with van der Waals surface area (Å²) >= 11 is 0. The number of carbonyl (C=O) groups excluding carboxylic acids is 1. The molecule has 6 heteroatoms. The summed E-state index contributed by atoms with van der Waals surface area (Å²) in [6, 6.07) is 9.81. The minimum absolute atomic E-state index is 0.236. The number of benzene rings is 1. The lowest BCUT2D eigenvalue weighted by Crippen LogP contribution is -2.05. The van der Waals surface area contributed by atoms with Crippen molar-refractivity contribution in [3.05, 3.63) is 65.9 Å². The first-order valence-electron chi connectivity index (χ1n) is 6.31. The number of halogens is 1. The van der Waals surface area contributed by atoms with E-state index in [0.717, 1.165) is 11.1 Å².